The van der Waals surface area contributed by atoms with Crippen LogP contribution in [0.1, 0.15) is 23.5 Å². The van der Waals surface area contributed by atoms with E-state index in [2.05, 4.69) is 0 Å². The Hall–Kier alpha value is -1.55. The first-order chi connectivity index (χ1) is 7.61. The van der Waals surface area contributed by atoms with Gasteiger partial charge < -0.3 is 14.9 Å². The molecule has 2 atom stereocenters. The smallest absolute Gasteiger partial charge is 0.333 e. The maximum Gasteiger partial charge on any atom is 0.333 e. The standard InChI is InChI=1S/C12H14O4/c1-7-3-2-4-9-8(10(13)12(14)15)5-6-16-11(7)9/h2-4,8,10,13H,5-6H2,1H3,(H,14,15). The van der Waals surface area contributed by atoms with E-state index in [0.717, 1.165) is 16.9 Å². The van der Waals surface area contributed by atoms with Crippen molar-refractivity contribution in [2.45, 2.75) is 25.4 Å². The third kappa shape index (κ3) is 1.76. The molecule has 4 heteroatoms. The molecule has 0 bridgehead atoms. The van der Waals surface area contributed by atoms with Crippen LogP contribution in [-0.4, -0.2) is 28.9 Å². The lowest BCUT2D eigenvalue weighted by atomic mass is 9.87. The van der Waals surface area contributed by atoms with Gasteiger partial charge in [-0.25, -0.2) is 4.79 Å². The Bertz CT molecular complexity index is 413. The monoisotopic (exact) mass is 222 g/mol. The predicted octanol–water partition coefficient (Wildman–Crippen LogP) is 1.31. The molecule has 2 rings (SSSR count). The van der Waals surface area contributed by atoms with Crippen LogP contribution >= 0.6 is 0 Å². The van der Waals surface area contributed by atoms with Crippen LogP contribution in [0.3, 0.4) is 0 Å². The number of para-hydroxylation sites is 1. The quantitative estimate of drug-likeness (QED) is 0.791. The molecule has 2 unspecified atom stereocenters. The second-order valence-corrected chi connectivity index (χ2v) is 4.02. The van der Waals surface area contributed by atoms with Crippen molar-refractivity contribution >= 4 is 5.97 Å². The van der Waals surface area contributed by atoms with Gasteiger partial charge in [-0.15, -0.1) is 0 Å². The molecular formula is C12H14O4. The highest BCUT2D eigenvalue weighted by molar-refractivity contribution is 5.74. The fourth-order valence-electron chi connectivity index (χ4n) is 2.11. The van der Waals surface area contributed by atoms with Gasteiger partial charge in [-0.3, -0.25) is 0 Å². The van der Waals surface area contributed by atoms with Gasteiger partial charge in [0.15, 0.2) is 6.10 Å². The number of ether oxygens (including phenoxy) is 1. The third-order valence-electron chi connectivity index (χ3n) is 2.95. The number of carboxylic acids is 1. The minimum absolute atomic E-state index is 0.374. The average molecular weight is 222 g/mol. The van der Waals surface area contributed by atoms with E-state index in [1.165, 1.54) is 0 Å². The van der Waals surface area contributed by atoms with Crippen molar-refractivity contribution in [1.82, 2.24) is 0 Å². The summed E-state index contributed by atoms with van der Waals surface area (Å²) < 4.78 is 5.51. The molecule has 1 aliphatic rings. The van der Waals surface area contributed by atoms with Crippen molar-refractivity contribution in [1.29, 1.82) is 0 Å². The number of aliphatic hydroxyl groups excluding tert-OH is 1. The lowest BCUT2D eigenvalue weighted by Gasteiger charge is -2.28. The number of aryl methyl sites for hydroxylation is 1. The Labute approximate surface area is 93.5 Å². The molecule has 16 heavy (non-hydrogen) atoms. The highest BCUT2D eigenvalue weighted by Crippen LogP contribution is 2.37. The van der Waals surface area contributed by atoms with Gasteiger partial charge in [0.05, 0.1) is 6.61 Å². The van der Waals surface area contributed by atoms with E-state index in [1.54, 1.807) is 0 Å². The molecular weight excluding hydrogens is 208 g/mol. The van der Waals surface area contributed by atoms with Crippen molar-refractivity contribution in [3.63, 3.8) is 0 Å². The van der Waals surface area contributed by atoms with E-state index >= 15 is 0 Å². The molecule has 0 fully saturated rings. The second kappa shape index (κ2) is 4.14. The normalized spacial score (nSPS) is 20.8. The maximum absolute atomic E-state index is 10.8. The molecule has 2 N–H and O–H groups in total. The van der Waals surface area contributed by atoms with Crippen molar-refractivity contribution < 1.29 is 19.7 Å². The SMILES string of the molecule is Cc1cccc2c1OCCC2C(O)C(=O)O. The molecule has 1 aromatic rings. The van der Waals surface area contributed by atoms with E-state index in [1.807, 2.05) is 25.1 Å². The number of aliphatic hydroxyl groups is 1. The van der Waals surface area contributed by atoms with E-state index < -0.39 is 12.1 Å². The number of rotatable bonds is 2. The van der Waals surface area contributed by atoms with Crippen LogP contribution in [0.4, 0.5) is 0 Å². The fourth-order valence-corrected chi connectivity index (χ4v) is 2.11. The summed E-state index contributed by atoms with van der Waals surface area (Å²) >= 11 is 0. The van der Waals surface area contributed by atoms with E-state index in [-0.39, 0.29) is 5.92 Å². The van der Waals surface area contributed by atoms with Gasteiger partial charge in [-0.2, -0.15) is 0 Å². The minimum atomic E-state index is -1.36. The molecule has 1 aromatic carbocycles. The molecule has 86 valence electrons. The summed E-state index contributed by atoms with van der Waals surface area (Å²) in [6, 6.07) is 5.58. The number of benzene rings is 1. The van der Waals surface area contributed by atoms with Gasteiger partial charge in [0, 0.05) is 11.5 Å². The van der Waals surface area contributed by atoms with Gasteiger partial charge >= 0.3 is 5.97 Å². The number of hydrogen-bond donors (Lipinski definition) is 2. The number of aliphatic carboxylic acids is 1. The van der Waals surface area contributed by atoms with Gasteiger partial charge in [0.25, 0.3) is 0 Å². The topological polar surface area (TPSA) is 66.8 Å². The van der Waals surface area contributed by atoms with Crippen molar-refractivity contribution in [3.05, 3.63) is 29.3 Å². The number of carbonyl (C=O) groups is 1. The lowest BCUT2D eigenvalue weighted by molar-refractivity contribution is -0.148. The highest BCUT2D eigenvalue weighted by atomic mass is 16.5. The summed E-state index contributed by atoms with van der Waals surface area (Å²) in [6.07, 6.45) is -0.825. The lowest BCUT2D eigenvalue weighted by Crippen LogP contribution is -2.31. The molecule has 1 heterocycles. The summed E-state index contributed by atoms with van der Waals surface area (Å²) in [5.74, 6) is -0.834. The summed E-state index contributed by atoms with van der Waals surface area (Å²) in [6.45, 7) is 2.36. The Morgan fingerprint density at radius 2 is 2.31 bits per heavy atom. The Morgan fingerprint density at radius 3 is 3.00 bits per heavy atom. The first-order valence-electron chi connectivity index (χ1n) is 5.24. The summed E-state index contributed by atoms with van der Waals surface area (Å²) in [7, 11) is 0. The zero-order chi connectivity index (χ0) is 11.7. The van der Waals surface area contributed by atoms with Crippen LogP contribution in [0.5, 0.6) is 5.75 Å². The Balaban J connectivity index is 2.40. The van der Waals surface area contributed by atoms with Crippen LogP contribution in [0, 0.1) is 6.92 Å². The third-order valence-corrected chi connectivity index (χ3v) is 2.95. The molecule has 4 nitrogen and oxygen atoms in total. The largest absolute Gasteiger partial charge is 0.493 e. The molecule has 0 aliphatic carbocycles. The number of carboxylic acid groups (broad SMARTS) is 1. The average Bonchev–Trinajstić information content (AvgIpc) is 2.28. The van der Waals surface area contributed by atoms with Crippen molar-refractivity contribution in [2.24, 2.45) is 0 Å². The first kappa shape index (κ1) is 11.0. The summed E-state index contributed by atoms with van der Waals surface area (Å²) in [5, 5.41) is 18.5. The molecule has 0 amide bonds. The number of fused-ring (bicyclic) bond motifs is 1. The van der Waals surface area contributed by atoms with Gasteiger partial charge in [-0.1, -0.05) is 18.2 Å². The van der Waals surface area contributed by atoms with Crippen LogP contribution in [-0.2, 0) is 4.79 Å². The Morgan fingerprint density at radius 1 is 1.56 bits per heavy atom. The van der Waals surface area contributed by atoms with E-state index in [4.69, 9.17) is 9.84 Å². The molecule has 0 saturated carbocycles. The van der Waals surface area contributed by atoms with Crippen LogP contribution in [0.25, 0.3) is 0 Å². The molecule has 0 radical (unpaired) electrons. The Kier molecular flexibility index (Phi) is 2.83. The maximum atomic E-state index is 10.8. The molecule has 0 saturated heterocycles. The van der Waals surface area contributed by atoms with Gasteiger partial charge in [-0.05, 0) is 18.9 Å². The second-order valence-electron chi connectivity index (χ2n) is 4.02. The predicted molar refractivity (Wildman–Crippen MR) is 57.7 cm³/mol. The summed E-state index contributed by atoms with van der Waals surface area (Å²) in [5.41, 5.74) is 1.76. The zero-order valence-corrected chi connectivity index (χ0v) is 9.01. The molecule has 1 aliphatic heterocycles. The van der Waals surface area contributed by atoms with E-state index in [0.29, 0.717) is 13.0 Å². The van der Waals surface area contributed by atoms with Gasteiger partial charge in [0.2, 0.25) is 0 Å². The van der Waals surface area contributed by atoms with Crippen molar-refractivity contribution in [2.75, 3.05) is 6.61 Å². The molecule has 0 spiro atoms. The van der Waals surface area contributed by atoms with Gasteiger partial charge in [0.1, 0.15) is 5.75 Å². The minimum Gasteiger partial charge on any atom is -0.493 e. The number of hydrogen-bond acceptors (Lipinski definition) is 3. The summed E-state index contributed by atoms with van der Waals surface area (Å²) in [4.78, 5) is 10.8. The first-order valence-corrected chi connectivity index (χ1v) is 5.24. The van der Waals surface area contributed by atoms with Crippen LogP contribution < -0.4 is 4.74 Å². The fraction of sp³-hybridized carbons (Fsp3) is 0.417. The zero-order valence-electron chi connectivity index (χ0n) is 9.01. The van der Waals surface area contributed by atoms with Crippen LogP contribution in [0.15, 0.2) is 18.2 Å². The van der Waals surface area contributed by atoms with Crippen LogP contribution in [0.2, 0.25) is 0 Å². The highest BCUT2D eigenvalue weighted by Gasteiger charge is 2.32. The molecule has 0 aromatic heterocycles. The van der Waals surface area contributed by atoms with Crippen molar-refractivity contribution in [3.8, 4) is 5.75 Å². The van der Waals surface area contributed by atoms with E-state index in [9.17, 15) is 9.90 Å².